The fourth-order valence-electron chi connectivity index (χ4n) is 4.83. The molecule has 5 atom stereocenters. The maximum absolute atomic E-state index is 11.1. The molecule has 0 spiro atoms. The first-order chi connectivity index (χ1) is 14.9. The molecule has 0 saturated heterocycles. The van der Waals surface area contributed by atoms with Crippen LogP contribution in [-0.2, 0) is 9.53 Å². The van der Waals surface area contributed by atoms with Crippen molar-refractivity contribution in [3.05, 3.63) is 35.1 Å². The number of ether oxygens (including phenoxy) is 1. The third-order valence-corrected chi connectivity index (χ3v) is 7.69. The van der Waals surface area contributed by atoms with Crippen LogP contribution in [0.5, 0.6) is 0 Å². The zero-order valence-electron chi connectivity index (χ0n) is 21.4. The maximum Gasteiger partial charge on any atom is 0.220 e. The summed E-state index contributed by atoms with van der Waals surface area (Å²) in [5, 5.41) is 10.6. The molecule has 0 aromatic carbocycles. The van der Waals surface area contributed by atoms with E-state index < -0.39 is 5.60 Å². The van der Waals surface area contributed by atoms with E-state index in [1.54, 1.807) is 0 Å². The average Bonchev–Trinajstić information content (AvgIpc) is 2.70. The summed E-state index contributed by atoms with van der Waals surface area (Å²) in [6.45, 7) is 12.8. The molecule has 2 aliphatic rings. The minimum atomic E-state index is -0.672. The van der Waals surface area contributed by atoms with Gasteiger partial charge in [-0.15, -0.1) is 0 Å². The Morgan fingerprint density at radius 3 is 2.75 bits per heavy atom. The van der Waals surface area contributed by atoms with Gasteiger partial charge in [0, 0.05) is 11.8 Å². The summed E-state index contributed by atoms with van der Waals surface area (Å²) in [5.74, 6) is 1.87. The summed E-state index contributed by atoms with van der Waals surface area (Å²) in [6.07, 6.45) is 16.3. The lowest BCUT2D eigenvalue weighted by Crippen LogP contribution is -2.35. The summed E-state index contributed by atoms with van der Waals surface area (Å²) < 4.78 is 6.57. The Hall–Kier alpha value is -1.55. The summed E-state index contributed by atoms with van der Waals surface area (Å²) in [4.78, 5) is 11.1. The minimum absolute atomic E-state index is 0.0690. The number of hydrogen-bond acceptors (Lipinski definition) is 3. The molecule has 0 bridgehead atoms. The predicted molar refractivity (Wildman–Crippen MR) is 133 cm³/mol. The van der Waals surface area contributed by atoms with Crippen LogP contribution in [0, 0.1) is 17.8 Å². The molecule has 1 aliphatic carbocycles. The van der Waals surface area contributed by atoms with Gasteiger partial charge in [0.15, 0.2) is 0 Å². The van der Waals surface area contributed by atoms with Gasteiger partial charge in [-0.1, -0.05) is 44.6 Å². The summed E-state index contributed by atoms with van der Waals surface area (Å²) in [7, 11) is 0. The molecule has 3 N–H and O–H groups in total. The molecule has 2 rings (SSSR count). The Bertz CT molecular complexity index is 733. The molecular weight excluding hydrogens is 398 g/mol. The lowest BCUT2D eigenvalue weighted by Gasteiger charge is -2.41. The predicted octanol–water partition coefficient (Wildman–Crippen LogP) is 6.59. The van der Waals surface area contributed by atoms with Crippen LogP contribution in [0.4, 0.5) is 0 Å². The zero-order chi connectivity index (χ0) is 23.9. The molecule has 1 aliphatic heterocycles. The lowest BCUT2D eigenvalue weighted by molar-refractivity contribution is -0.121. The van der Waals surface area contributed by atoms with E-state index in [4.69, 9.17) is 10.5 Å². The van der Waals surface area contributed by atoms with E-state index in [2.05, 4.69) is 45.9 Å². The van der Waals surface area contributed by atoms with E-state index in [-0.39, 0.29) is 17.4 Å². The van der Waals surface area contributed by atoms with Gasteiger partial charge in [0.2, 0.25) is 5.91 Å². The third-order valence-electron chi connectivity index (χ3n) is 7.69. The van der Waals surface area contributed by atoms with Crippen molar-refractivity contribution < 1.29 is 14.6 Å². The second-order valence-electron chi connectivity index (χ2n) is 11.1. The van der Waals surface area contributed by atoms with E-state index in [9.17, 15) is 9.90 Å². The number of hydrogen-bond donors (Lipinski definition) is 2. The largest absolute Gasteiger partial charge is 0.491 e. The lowest BCUT2D eigenvalue weighted by atomic mass is 9.80. The van der Waals surface area contributed by atoms with Gasteiger partial charge in [0.1, 0.15) is 11.4 Å². The molecule has 0 fully saturated rings. The number of rotatable bonds is 12. The highest BCUT2D eigenvalue weighted by molar-refractivity contribution is 5.76. The summed E-state index contributed by atoms with van der Waals surface area (Å²) >= 11 is 0. The Morgan fingerprint density at radius 2 is 2.06 bits per heavy atom. The number of primary amides is 1. The molecule has 0 saturated carbocycles. The van der Waals surface area contributed by atoms with Crippen LogP contribution in [0.25, 0.3) is 0 Å². The van der Waals surface area contributed by atoms with E-state index in [1.807, 2.05) is 13.8 Å². The second kappa shape index (κ2) is 11.5. The monoisotopic (exact) mass is 445 g/mol. The third kappa shape index (κ3) is 8.10. The van der Waals surface area contributed by atoms with Crippen LogP contribution in [0.2, 0.25) is 0 Å². The molecule has 0 aromatic rings. The van der Waals surface area contributed by atoms with Crippen LogP contribution >= 0.6 is 0 Å². The highest BCUT2D eigenvalue weighted by Crippen LogP contribution is 2.42. The van der Waals surface area contributed by atoms with Crippen molar-refractivity contribution in [2.75, 3.05) is 0 Å². The first-order valence-electron chi connectivity index (χ1n) is 12.7. The van der Waals surface area contributed by atoms with E-state index in [0.717, 1.165) is 57.8 Å². The molecule has 1 heterocycles. The number of amides is 1. The Kier molecular flexibility index (Phi) is 9.63. The van der Waals surface area contributed by atoms with Crippen LogP contribution in [0.1, 0.15) is 106 Å². The average molecular weight is 446 g/mol. The normalized spacial score (nSPS) is 28.7. The fourth-order valence-corrected chi connectivity index (χ4v) is 4.83. The van der Waals surface area contributed by atoms with Gasteiger partial charge >= 0.3 is 0 Å². The van der Waals surface area contributed by atoms with Gasteiger partial charge in [0.05, 0.1) is 5.60 Å². The molecule has 4 heteroatoms. The second-order valence-corrected chi connectivity index (χ2v) is 11.1. The Morgan fingerprint density at radius 1 is 1.38 bits per heavy atom. The molecule has 0 radical (unpaired) electrons. The van der Waals surface area contributed by atoms with Crippen molar-refractivity contribution in [2.45, 2.75) is 117 Å². The van der Waals surface area contributed by atoms with Crippen molar-refractivity contribution >= 4 is 5.91 Å². The smallest absolute Gasteiger partial charge is 0.220 e. The number of aliphatic hydroxyl groups is 1. The summed E-state index contributed by atoms with van der Waals surface area (Å²) in [5.41, 5.74) is 7.37. The van der Waals surface area contributed by atoms with Crippen LogP contribution < -0.4 is 5.73 Å². The van der Waals surface area contributed by atoms with Crippen LogP contribution in [0.15, 0.2) is 35.1 Å². The molecule has 5 unspecified atom stereocenters. The zero-order valence-corrected chi connectivity index (χ0v) is 21.4. The highest BCUT2D eigenvalue weighted by atomic mass is 16.5. The minimum Gasteiger partial charge on any atom is -0.491 e. The van der Waals surface area contributed by atoms with E-state index in [1.165, 1.54) is 16.9 Å². The van der Waals surface area contributed by atoms with Gasteiger partial charge in [-0.2, -0.15) is 0 Å². The SMILES string of the molecule is C/C(=C\CCC1(C)CCC2=C(O1)C(C)C(C)C=C2)CCCC(C)(O)CCCC(C)C(N)=O. The van der Waals surface area contributed by atoms with Gasteiger partial charge in [-0.25, -0.2) is 0 Å². The standard InChI is InChI=1S/C28H47NO3/c1-20(10-7-16-27(5,31)17-9-12-22(3)26(29)30)11-8-18-28(6)19-15-24-14-13-21(2)23(4)25(24)32-28/h11,13-14,21-23,31H,7-10,12,15-19H2,1-6H3,(H2,29,30)/b20-11+. The van der Waals surface area contributed by atoms with Gasteiger partial charge in [-0.3, -0.25) is 4.79 Å². The number of allylic oxidation sites excluding steroid dienone is 6. The van der Waals surface area contributed by atoms with Gasteiger partial charge in [0.25, 0.3) is 0 Å². The Labute approximate surface area is 196 Å². The first-order valence-corrected chi connectivity index (χ1v) is 12.7. The van der Waals surface area contributed by atoms with Crippen LogP contribution in [-0.4, -0.2) is 22.2 Å². The molecule has 0 aromatic heterocycles. The quantitative estimate of drug-likeness (QED) is 0.333. The fraction of sp³-hybridized carbons (Fsp3) is 0.750. The summed E-state index contributed by atoms with van der Waals surface area (Å²) in [6, 6.07) is 0. The number of carbonyl (C=O) groups is 1. The molecule has 1 amide bonds. The molecular formula is C28H47NO3. The number of nitrogens with two attached hydrogens (primary N) is 1. The highest BCUT2D eigenvalue weighted by Gasteiger charge is 2.36. The molecule has 32 heavy (non-hydrogen) atoms. The van der Waals surface area contributed by atoms with E-state index >= 15 is 0 Å². The van der Waals surface area contributed by atoms with Gasteiger partial charge in [-0.05, 0) is 96.5 Å². The topological polar surface area (TPSA) is 72.6 Å². The number of carbonyl (C=O) groups excluding carboxylic acids is 1. The Balaban J connectivity index is 1.71. The molecule has 182 valence electrons. The van der Waals surface area contributed by atoms with E-state index in [0.29, 0.717) is 18.3 Å². The van der Waals surface area contributed by atoms with Crippen molar-refractivity contribution in [2.24, 2.45) is 23.5 Å². The molecule has 4 nitrogen and oxygen atoms in total. The van der Waals surface area contributed by atoms with Crippen molar-refractivity contribution in [3.8, 4) is 0 Å². The van der Waals surface area contributed by atoms with Crippen molar-refractivity contribution in [3.63, 3.8) is 0 Å². The van der Waals surface area contributed by atoms with Crippen molar-refractivity contribution in [1.82, 2.24) is 0 Å². The maximum atomic E-state index is 11.1. The van der Waals surface area contributed by atoms with Crippen LogP contribution in [0.3, 0.4) is 0 Å². The van der Waals surface area contributed by atoms with Crippen molar-refractivity contribution in [1.29, 1.82) is 0 Å². The van der Waals surface area contributed by atoms with Gasteiger partial charge < -0.3 is 15.6 Å². The first kappa shape index (κ1) is 26.7.